The van der Waals surface area contributed by atoms with Crippen molar-refractivity contribution in [3.63, 3.8) is 0 Å². The first-order valence-corrected chi connectivity index (χ1v) is 8.38. The van der Waals surface area contributed by atoms with Gasteiger partial charge in [-0.1, -0.05) is 35.5 Å². The third-order valence-corrected chi connectivity index (χ3v) is 4.11. The van der Waals surface area contributed by atoms with Crippen LogP contribution in [0.3, 0.4) is 0 Å². The summed E-state index contributed by atoms with van der Waals surface area (Å²) in [5.74, 6) is 0.227. The number of halogens is 6. The number of hydrogen-bond acceptors (Lipinski definition) is 4. The lowest BCUT2D eigenvalue weighted by molar-refractivity contribution is -0.139. The van der Waals surface area contributed by atoms with Gasteiger partial charge in [-0.3, -0.25) is 4.90 Å². The molecule has 0 aliphatic carbocycles. The highest BCUT2D eigenvalue weighted by Gasteiger charge is 2.33. The Hall–Kier alpha value is -2.88. The van der Waals surface area contributed by atoms with E-state index < -0.39 is 23.5 Å². The molecule has 0 saturated carbocycles. The van der Waals surface area contributed by atoms with Crippen LogP contribution in [-0.4, -0.2) is 22.1 Å². The topological polar surface area (TPSA) is 42.2 Å². The first kappa shape index (κ1) is 20.8. The number of alkyl halides is 6. The molecule has 10 heteroatoms. The molecule has 0 fully saturated rings. The molecule has 0 saturated heterocycles. The van der Waals surface area contributed by atoms with Crippen molar-refractivity contribution in [1.29, 1.82) is 0 Å². The van der Waals surface area contributed by atoms with Gasteiger partial charge in [0.05, 0.1) is 17.7 Å². The molecule has 0 unspecified atom stereocenters. The minimum Gasteiger partial charge on any atom is -0.338 e. The van der Waals surface area contributed by atoms with Gasteiger partial charge in [-0.15, -0.1) is 0 Å². The van der Waals surface area contributed by atoms with Gasteiger partial charge >= 0.3 is 12.4 Å². The molecule has 0 N–H and O–H groups in total. The average molecular weight is 415 g/mol. The summed E-state index contributed by atoms with van der Waals surface area (Å²) in [4.78, 5) is 5.67. The van der Waals surface area contributed by atoms with Crippen molar-refractivity contribution >= 4 is 0 Å². The third kappa shape index (κ3) is 5.14. The summed E-state index contributed by atoms with van der Waals surface area (Å²) in [5.41, 5.74) is -1.08. The molecule has 3 rings (SSSR count). The van der Waals surface area contributed by atoms with E-state index in [2.05, 4.69) is 10.1 Å². The molecule has 0 atom stereocenters. The molecule has 0 amide bonds. The van der Waals surface area contributed by atoms with E-state index in [1.807, 2.05) is 0 Å². The number of hydrogen-bond donors (Lipinski definition) is 0. The quantitative estimate of drug-likeness (QED) is 0.523. The van der Waals surface area contributed by atoms with Crippen LogP contribution < -0.4 is 0 Å². The van der Waals surface area contributed by atoms with E-state index in [9.17, 15) is 26.3 Å². The van der Waals surface area contributed by atoms with E-state index >= 15 is 0 Å². The van der Waals surface area contributed by atoms with Crippen molar-refractivity contribution in [1.82, 2.24) is 15.0 Å². The zero-order valence-electron chi connectivity index (χ0n) is 15.1. The van der Waals surface area contributed by atoms with Crippen molar-refractivity contribution in [3.8, 4) is 11.4 Å². The van der Waals surface area contributed by atoms with Crippen molar-refractivity contribution in [2.24, 2.45) is 0 Å². The van der Waals surface area contributed by atoms with Gasteiger partial charge in [0.1, 0.15) is 0 Å². The first-order valence-electron chi connectivity index (χ1n) is 8.38. The second-order valence-corrected chi connectivity index (χ2v) is 6.41. The molecule has 0 radical (unpaired) electrons. The van der Waals surface area contributed by atoms with Gasteiger partial charge in [0, 0.05) is 12.1 Å². The van der Waals surface area contributed by atoms with E-state index in [0.29, 0.717) is 5.56 Å². The maximum absolute atomic E-state index is 13.1. The van der Waals surface area contributed by atoms with Crippen LogP contribution >= 0.6 is 0 Å². The van der Waals surface area contributed by atoms with Crippen molar-refractivity contribution < 1.29 is 30.9 Å². The summed E-state index contributed by atoms with van der Waals surface area (Å²) in [7, 11) is 1.59. The fourth-order valence-corrected chi connectivity index (χ4v) is 2.76. The van der Waals surface area contributed by atoms with Gasteiger partial charge in [0.15, 0.2) is 0 Å². The molecule has 29 heavy (non-hydrogen) atoms. The second-order valence-electron chi connectivity index (χ2n) is 6.41. The molecule has 4 nitrogen and oxygen atoms in total. The largest absolute Gasteiger partial charge is 0.416 e. The molecule has 3 aromatic rings. The number of aromatic nitrogens is 2. The monoisotopic (exact) mass is 415 g/mol. The zero-order valence-corrected chi connectivity index (χ0v) is 15.1. The normalized spacial score (nSPS) is 12.6. The summed E-state index contributed by atoms with van der Waals surface area (Å²) in [6, 6.07) is 9.51. The van der Waals surface area contributed by atoms with Crippen LogP contribution in [0, 0.1) is 0 Å². The highest BCUT2D eigenvalue weighted by molar-refractivity contribution is 5.54. The van der Waals surface area contributed by atoms with Crippen LogP contribution in [0.25, 0.3) is 11.4 Å². The van der Waals surface area contributed by atoms with Gasteiger partial charge in [-0.05, 0) is 30.8 Å². The van der Waals surface area contributed by atoms with Crippen LogP contribution in [0.1, 0.15) is 22.6 Å². The highest BCUT2D eigenvalue weighted by Crippen LogP contribution is 2.33. The van der Waals surface area contributed by atoms with Crippen molar-refractivity contribution in [2.45, 2.75) is 25.4 Å². The van der Waals surface area contributed by atoms with E-state index in [0.717, 1.165) is 18.2 Å². The molecule has 0 aliphatic rings. The molecule has 2 aromatic carbocycles. The third-order valence-electron chi connectivity index (χ3n) is 4.11. The Morgan fingerprint density at radius 3 is 2.14 bits per heavy atom. The fourth-order valence-electron chi connectivity index (χ4n) is 2.76. The molecule has 0 bridgehead atoms. The summed E-state index contributed by atoms with van der Waals surface area (Å²) in [5, 5.41) is 3.72. The van der Waals surface area contributed by atoms with E-state index in [4.69, 9.17) is 4.52 Å². The number of nitrogens with zero attached hydrogens (tertiary/aromatic N) is 3. The van der Waals surface area contributed by atoms with Crippen LogP contribution in [0.5, 0.6) is 0 Å². The van der Waals surface area contributed by atoms with Gasteiger partial charge in [0.25, 0.3) is 0 Å². The van der Waals surface area contributed by atoms with E-state index in [1.165, 1.54) is 30.3 Å². The lowest BCUT2D eigenvalue weighted by Crippen LogP contribution is -2.20. The maximum Gasteiger partial charge on any atom is 0.416 e. The molecule has 154 valence electrons. The van der Waals surface area contributed by atoms with Crippen molar-refractivity contribution in [2.75, 3.05) is 7.05 Å². The average Bonchev–Trinajstić information content (AvgIpc) is 3.09. The minimum absolute atomic E-state index is 0.00627. The Labute approximate surface area is 161 Å². The molecule has 0 aliphatic heterocycles. The minimum atomic E-state index is -4.46. The first-order chi connectivity index (χ1) is 13.5. The number of rotatable bonds is 5. The Bertz CT molecular complexity index is 963. The Morgan fingerprint density at radius 2 is 1.52 bits per heavy atom. The lowest BCUT2D eigenvalue weighted by atomic mass is 10.1. The predicted octanol–water partition coefficient (Wildman–Crippen LogP) is 5.41. The zero-order chi connectivity index (χ0) is 21.2. The van der Waals surface area contributed by atoms with E-state index in [-0.39, 0.29) is 30.4 Å². The fraction of sp³-hybridized carbons (Fsp3) is 0.263. The number of benzene rings is 2. The molecular weight excluding hydrogens is 400 g/mol. The summed E-state index contributed by atoms with van der Waals surface area (Å²) in [6.07, 6.45) is -8.91. The lowest BCUT2D eigenvalue weighted by Gasteiger charge is -2.18. The molecule has 1 heterocycles. The standard InChI is InChI=1S/C19H15F6N3O/c1-28(10-13-4-2-3-5-15(13)19(23,24)25)11-16-26-17(27-29-16)12-6-8-14(9-7-12)18(20,21)22/h2-9H,10-11H2,1H3. The summed E-state index contributed by atoms with van der Waals surface area (Å²) < 4.78 is 82.2. The Morgan fingerprint density at radius 1 is 0.862 bits per heavy atom. The van der Waals surface area contributed by atoms with Crippen LogP contribution in [-0.2, 0) is 25.4 Å². The smallest absolute Gasteiger partial charge is 0.338 e. The van der Waals surface area contributed by atoms with Gasteiger partial charge < -0.3 is 4.52 Å². The second kappa shape index (κ2) is 7.86. The summed E-state index contributed by atoms with van der Waals surface area (Å²) >= 11 is 0. The molecular formula is C19H15F6N3O. The maximum atomic E-state index is 13.1. The Kier molecular flexibility index (Phi) is 5.65. The van der Waals surface area contributed by atoms with Crippen molar-refractivity contribution in [3.05, 3.63) is 71.1 Å². The SMILES string of the molecule is CN(Cc1nc(-c2ccc(C(F)(F)F)cc2)no1)Cc1ccccc1C(F)(F)F. The predicted molar refractivity (Wildman–Crippen MR) is 91.4 cm³/mol. The van der Waals surface area contributed by atoms with Gasteiger partial charge in [-0.2, -0.15) is 31.3 Å². The highest BCUT2D eigenvalue weighted by atomic mass is 19.4. The van der Waals surface area contributed by atoms with Gasteiger partial charge in [-0.25, -0.2) is 0 Å². The van der Waals surface area contributed by atoms with Crippen LogP contribution in [0.4, 0.5) is 26.3 Å². The molecule has 1 aromatic heterocycles. The Balaban J connectivity index is 1.69. The van der Waals surface area contributed by atoms with E-state index in [1.54, 1.807) is 11.9 Å². The van der Waals surface area contributed by atoms with Crippen LogP contribution in [0.2, 0.25) is 0 Å². The van der Waals surface area contributed by atoms with Crippen LogP contribution in [0.15, 0.2) is 53.1 Å². The molecule has 0 spiro atoms. The summed E-state index contributed by atoms with van der Waals surface area (Å²) in [6.45, 7) is 0.0630. The van der Waals surface area contributed by atoms with Gasteiger partial charge in [0.2, 0.25) is 11.7 Å².